The highest BCUT2D eigenvalue weighted by Gasteiger charge is 2.09. The molecule has 64 valence electrons. The predicted octanol–water partition coefficient (Wildman–Crippen LogP) is -3.16. The van der Waals surface area contributed by atoms with Crippen molar-refractivity contribution in [1.29, 1.82) is 0 Å². The zero-order valence-corrected chi connectivity index (χ0v) is 6.07. The van der Waals surface area contributed by atoms with Gasteiger partial charge in [0.2, 0.25) is 0 Å². The van der Waals surface area contributed by atoms with Crippen molar-refractivity contribution in [1.82, 2.24) is 0 Å². The van der Waals surface area contributed by atoms with Crippen LogP contribution < -0.4 is 15.9 Å². The Morgan fingerprint density at radius 2 is 1.82 bits per heavy atom. The molecule has 0 aromatic heterocycles. The Labute approximate surface area is 63.8 Å². The van der Waals surface area contributed by atoms with Gasteiger partial charge in [-0.25, -0.2) is 0 Å². The fourth-order valence-corrected chi connectivity index (χ4v) is 0.573. The van der Waals surface area contributed by atoms with Crippen LogP contribution in [0.15, 0.2) is 0 Å². The number of carbonyl (C=O) groups excluding carboxylic acids is 2. The Bertz CT molecular complexity index is 150. The molecule has 0 amide bonds. The Kier molecular flexibility index (Phi) is 3.53. The minimum Gasteiger partial charge on any atom is -0.550 e. The summed E-state index contributed by atoms with van der Waals surface area (Å²) < 4.78 is 0. The molecule has 5 heteroatoms. The van der Waals surface area contributed by atoms with Gasteiger partial charge in [0, 0.05) is 12.0 Å². The molecule has 0 radical (unpaired) electrons. The predicted molar refractivity (Wildman–Crippen MR) is 31.8 cm³/mol. The van der Waals surface area contributed by atoms with Crippen molar-refractivity contribution >= 4 is 11.9 Å². The molecule has 2 N–H and O–H groups in total. The van der Waals surface area contributed by atoms with Gasteiger partial charge in [0.05, 0.1) is 5.97 Å². The van der Waals surface area contributed by atoms with Crippen LogP contribution in [0.5, 0.6) is 0 Å². The van der Waals surface area contributed by atoms with Gasteiger partial charge in [-0.3, -0.25) is 0 Å². The van der Waals surface area contributed by atoms with Crippen LogP contribution in [0.3, 0.4) is 0 Å². The number of hydrogen-bond donors (Lipinski definition) is 1. The van der Waals surface area contributed by atoms with E-state index in [0.717, 1.165) is 0 Å². The second kappa shape index (κ2) is 3.92. The largest absolute Gasteiger partial charge is 0.550 e. The maximum Gasteiger partial charge on any atom is 0.0582 e. The summed E-state index contributed by atoms with van der Waals surface area (Å²) in [5, 5.41) is 20.1. The van der Waals surface area contributed by atoms with Crippen molar-refractivity contribution in [2.45, 2.75) is 19.4 Å². The maximum absolute atomic E-state index is 10.1. The second-order valence-electron chi connectivity index (χ2n) is 2.38. The number of aliphatic carboxylic acids is 2. The van der Waals surface area contributed by atoms with E-state index in [0.29, 0.717) is 0 Å². The Balaban J connectivity index is 3.84. The van der Waals surface area contributed by atoms with Gasteiger partial charge in [-0.15, -0.1) is 0 Å². The third-order valence-electron chi connectivity index (χ3n) is 1.31. The Hall–Kier alpha value is -1.10. The number of carboxylic acids is 2. The lowest BCUT2D eigenvalue weighted by Gasteiger charge is -2.18. The van der Waals surface area contributed by atoms with Gasteiger partial charge >= 0.3 is 0 Å². The smallest absolute Gasteiger partial charge is 0.0582 e. The van der Waals surface area contributed by atoms with Gasteiger partial charge in [-0.2, -0.15) is 0 Å². The molecule has 2 atom stereocenters. The highest BCUT2D eigenvalue weighted by atomic mass is 16.4. The third kappa shape index (κ3) is 3.57. The summed E-state index contributed by atoms with van der Waals surface area (Å²) in [6, 6.07) is -1.23. The molecule has 1 unspecified atom stereocenters. The SMILES string of the molecule is CC(C[C@@H](N)C(=O)[O-])C(=O)[O-]. The Morgan fingerprint density at radius 1 is 1.36 bits per heavy atom. The fourth-order valence-electron chi connectivity index (χ4n) is 0.573. The molecule has 11 heavy (non-hydrogen) atoms. The molecule has 0 heterocycles. The summed E-state index contributed by atoms with van der Waals surface area (Å²) in [5.74, 6) is -3.61. The molecule has 0 saturated carbocycles. The highest BCUT2D eigenvalue weighted by Crippen LogP contribution is 2.01. The zero-order chi connectivity index (χ0) is 9.02. The van der Waals surface area contributed by atoms with Gasteiger partial charge in [-0.05, 0) is 12.3 Å². The van der Waals surface area contributed by atoms with Gasteiger partial charge in [0.25, 0.3) is 0 Å². The molecule has 0 aliphatic rings. The summed E-state index contributed by atoms with van der Waals surface area (Å²) in [7, 11) is 0. The zero-order valence-electron chi connectivity index (χ0n) is 6.07. The van der Waals surface area contributed by atoms with Crippen LogP contribution in [0.4, 0.5) is 0 Å². The van der Waals surface area contributed by atoms with Crippen LogP contribution in [0, 0.1) is 5.92 Å². The van der Waals surface area contributed by atoms with E-state index in [2.05, 4.69) is 0 Å². The van der Waals surface area contributed by atoms with Crippen molar-refractivity contribution in [2.24, 2.45) is 11.7 Å². The summed E-state index contributed by atoms with van der Waals surface area (Å²) in [4.78, 5) is 20.1. The molecule has 0 saturated heterocycles. The molecule has 0 spiro atoms. The summed E-state index contributed by atoms with van der Waals surface area (Å²) in [6.07, 6.45) is -0.162. The van der Waals surface area contributed by atoms with Gasteiger partial charge < -0.3 is 25.5 Å². The average Bonchev–Trinajstić information content (AvgIpc) is 1.87. The molecular weight excluding hydrogens is 150 g/mol. The molecule has 0 aromatic rings. The normalized spacial score (nSPS) is 15.5. The lowest BCUT2D eigenvalue weighted by molar-refractivity contribution is -0.313. The van der Waals surface area contributed by atoms with Crippen LogP contribution in [-0.2, 0) is 9.59 Å². The molecule has 0 fully saturated rings. The first-order chi connectivity index (χ1) is 4.95. The van der Waals surface area contributed by atoms with Gasteiger partial charge in [-0.1, -0.05) is 6.92 Å². The van der Waals surface area contributed by atoms with E-state index in [-0.39, 0.29) is 6.42 Å². The minimum atomic E-state index is -1.45. The topological polar surface area (TPSA) is 106 Å². The number of nitrogens with two attached hydrogens (primary N) is 1. The van der Waals surface area contributed by atoms with E-state index >= 15 is 0 Å². The van der Waals surface area contributed by atoms with Crippen molar-refractivity contribution in [2.75, 3.05) is 0 Å². The summed E-state index contributed by atoms with van der Waals surface area (Å²) >= 11 is 0. The van der Waals surface area contributed by atoms with Crippen LogP contribution >= 0.6 is 0 Å². The van der Waals surface area contributed by atoms with E-state index in [1.807, 2.05) is 0 Å². The van der Waals surface area contributed by atoms with Crippen molar-refractivity contribution in [3.8, 4) is 0 Å². The first-order valence-electron chi connectivity index (χ1n) is 3.12. The molecule has 5 nitrogen and oxygen atoms in total. The lowest BCUT2D eigenvalue weighted by atomic mass is 10.0. The summed E-state index contributed by atoms with van der Waals surface area (Å²) in [6.45, 7) is 1.33. The monoisotopic (exact) mass is 159 g/mol. The van der Waals surface area contributed by atoms with E-state index in [1.54, 1.807) is 0 Å². The standard InChI is InChI=1S/C6H11NO4/c1-3(5(8)9)2-4(7)6(10)11/h3-4H,2,7H2,1H3,(H,8,9)(H,10,11)/p-2/t3?,4-/m1/s1. The third-order valence-corrected chi connectivity index (χ3v) is 1.31. The van der Waals surface area contributed by atoms with Crippen LogP contribution in [0.1, 0.15) is 13.3 Å². The molecule has 0 bridgehead atoms. The van der Waals surface area contributed by atoms with Crippen LogP contribution in [0.2, 0.25) is 0 Å². The number of carbonyl (C=O) groups is 2. The maximum atomic E-state index is 10.1. The number of rotatable bonds is 4. The molecule has 0 aliphatic heterocycles. The summed E-state index contributed by atoms with van der Waals surface area (Å²) in [5.41, 5.74) is 5.00. The molecular formula is C6H9NO4-2. The minimum absolute atomic E-state index is 0.162. The Morgan fingerprint density at radius 3 is 2.09 bits per heavy atom. The quantitative estimate of drug-likeness (QED) is 0.466. The van der Waals surface area contributed by atoms with E-state index < -0.39 is 23.9 Å². The van der Waals surface area contributed by atoms with Gasteiger partial charge in [0.15, 0.2) is 0 Å². The van der Waals surface area contributed by atoms with E-state index in [1.165, 1.54) is 6.92 Å². The molecule has 0 aliphatic carbocycles. The number of hydrogen-bond acceptors (Lipinski definition) is 5. The average molecular weight is 159 g/mol. The van der Waals surface area contributed by atoms with Crippen molar-refractivity contribution in [3.05, 3.63) is 0 Å². The molecule has 0 aromatic carbocycles. The van der Waals surface area contributed by atoms with Crippen molar-refractivity contribution < 1.29 is 19.8 Å². The lowest BCUT2D eigenvalue weighted by Crippen LogP contribution is -2.44. The van der Waals surface area contributed by atoms with Crippen molar-refractivity contribution in [3.63, 3.8) is 0 Å². The fraction of sp³-hybridized carbons (Fsp3) is 0.667. The first-order valence-corrected chi connectivity index (χ1v) is 3.12. The number of carboxylic acid groups (broad SMARTS) is 2. The van der Waals surface area contributed by atoms with Crippen LogP contribution in [-0.4, -0.2) is 18.0 Å². The second-order valence-corrected chi connectivity index (χ2v) is 2.38. The first kappa shape index (κ1) is 9.90. The van der Waals surface area contributed by atoms with E-state index in [4.69, 9.17) is 5.73 Å². The highest BCUT2D eigenvalue weighted by molar-refractivity contribution is 5.73. The van der Waals surface area contributed by atoms with E-state index in [9.17, 15) is 19.8 Å². The van der Waals surface area contributed by atoms with Gasteiger partial charge in [0.1, 0.15) is 0 Å². The van der Waals surface area contributed by atoms with Crippen LogP contribution in [0.25, 0.3) is 0 Å². The molecule has 0 rings (SSSR count).